The Labute approximate surface area is 141 Å². The Hall–Kier alpha value is -2.95. The first-order valence-electron chi connectivity index (χ1n) is 7.82. The van der Waals surface area contributed by atoms with Crippen molar-refractivity contribution in [3.63, 3.8) is 0 Å². The number of nitrogens with zero attached hydrogens (tertiary/aromatic N) is 1. The Bertz CT molecular complexity index is 694. The number of benzene rings is 1. The van der Waals surface area contributed by atoms with Gasteiger partial charge in [0.25, 0.3) is 0 Å². The van der Waals surface area contributed by atoms with Crippen LogP contribution in [0.4, 0.5) is 0 Å². The Morgan fingerprint density at radius 3 is 2.58 bits per heavy atom. The summed E-state index contributed by atoms with van der Waals surface area (Å²) in [6, 6.07) is 13.4. The molecule has 0 saturated carbocycles. The van der Waals surface area contributed by atoms with E-state index in [1.807, 2.05) is 49.4 Å². The van der Waals surface area contributed by atoms with Crippen molar-refractivity contribution in [2.45, 2.75) is 13.3 Å². The molecule has 2 rings (SSSR count). The Morgan fingerprint density at radius 1 is 1.08 bits per heavy atom. The smallest absolute Gasteiger partial charge is 0.244 e. The molecular weight excluding hydrogens is 302 g/mol. The van der Waals surface area contributed by atoms with Crippen LogP contribution in [0.3, 0.4) is 0 Å². The molecule has 0 atom stereocenters. The van der Waals surface area contributed by atoms with Crippen LogP contribution >= 0.6 is 0 Å². The molecule has 24 heavy (non-hydrogen) atoms. The molecule has 0 aliphatic rings. The minimum Gasteiger partial charge on any atom is -0.354 e. The van der Waals surface area contributed by atoms with Crippen LogP contribution in [0.5, 0.6) is 0 Å². The number of amides is 2. The van der Waals surface area contributed by atoms with Crippen LogP contribution in [0.15, 0.2) is 54.7 Å². The lowest BCUT2D eigenvalue weighted by Gasteiger charge is -2.06. The molecule has 0 aliphatic carbocycles. The van der Waals surface area contributed by atoms with Gasteiger partial charge < -0.3 is 10.6 Å². The molecule has 0 saturated heterocycles. The summed E-state index contributed by atoms with van der Waals surface area (Å²) in [7, 11) is 0. The summed E-state index contributed by atoms with van der Waals surface area (Å²) < 4.78 is 0. The van der Waals surface area contributed by atoms with Gasteiger partial charge in [-0.25, -0.2) is 0 Å². The van der Waals surface area contributed by atoms with Crippen molar-refractivity contribution in [2.75, 3.05) is 13.1 Å². The van der Waals surface area contributed by atoms with Crippen LogP contribution in [0.2, 0.25) is 0 Å². The monoisotopic (exact) mass is 323 g/mol. The molecular formula is C19H21N3O2. The van der Waals surface area contributed by atoms with Gasteiger partial charge in [-0.15, -0.1) is 0 Å². The molecule has 0 aliphatic heterocycles. The molecule has 2 N–H and O–H groups in total. The molecule has 0 bridgehead atoms. The van der Waals surface area contributed by atoms with Crippen LogP contribution in [0.25, 0.3) is 6.08 Å². The number of carbonyl (C=O) groups excluding carboxylic acids is 2. The summed E-state index contributed by atoms with van der Waals surface area (Å²) in [6.07, 6.45) is 5.64. The first-order chi connectivity index (χ1) is 11.6. The predicted octanol–water partition coefficient (Wildman–Crippen LogP) is 1.88. The third-order valence-electron chi connectivity index (χ3n) is 3.36. The minimum atomic E-state index is -0.295. The highest BCUT2D eigenvalue weighted by atomic mass is 16.2. The van der Waals surface area contributed by atoms with E-state index >= 15 is 0 Å². The van der Waals surface area contributed by atoms with Gasteiger partial charge in [-0.05, 0) is 36.6 Å². The van der Waals surface area contributed by atoms with Gasteiger partial charge in [-0.3, -0.25) is 14.6 Å². The summed E-state index contributed by atoms with van der Waals surface area (Å²) in [5.41, 5.74) is 2.97. The van der Waals surface area contributed by atoms with E-state index in [1.165, 1.54) is 6.08 Å². The van der Waals surface area contributed by atoms with Crippen LogP contribution < -0.4 is 10.6 Å². The van der Waals surface area contributed by atoms with Crippen LogP contribution in [0.1, 0.15) is 16.8 Å². The third kappa shape index (κ3) is 6.44. The fraction of sp³-hybridized carbons (Fsp3) is 0.211. The van der Waals surface area contributed by atoms with E-state index in [-0.39, 0.29) is 18.4 Å². The van der Waals surface area contributed by atoms with E-state index in [1.54, 1.807) is 12.3 Å². The number of carbonyl (C=O) groups is 2. The fourth-order valence-electron chi connectivity index (χ4n) is 2.02. The highest BCUT2D eigenvalue weighted by Crippen LogP contribution is 2.00. The van der Waals surface area contributed by atoms with Gasteiger partial charge in [-0.1, -0.05) is 36.4 Å². The van der Waals surface area contributed by atoms with Crippen LogP contribution in [-0.2, 0) is 16.0 Å². The van der Waals surface area contributed by atoms with Crippen molar-refractivity contribution in [2.24, 2.45) is 0 Å². The van der Waals surface area contributed by atoms with E-state index in [4.69, 9.17) is 0 Å². The molecule has 5 nitrogen and oxygen atoms in total. The van der Waals surface area contributed by atoms with E-state index in [0.29, 0.717) is 13.0 Å². The lowest BCUT2D eigenvalue weighted by Crippen LogP contribution is -2.37. The topological polar surface area (TPSA) is 71.1 Å². The molecule has 2 aromatic rings. The highest BCUT2D eigenvalue weighted by Gasteiger charge is 2.03. The summed E-state index contributed by atoms with van der Waals surface area (Å²) in [6.45, 7) is 2.41. The second-order valence-corrected chi connectivity index (χ2v) is 5.37. The number of hydrogen-bond acceptors (Lipinski definition) is 3. The summed E-state index contributed by atoms with van der Waals surface area (Å²) in [4.78, 5) is 27.6. The van der Waals surface area contributed by atoms with Crippen molar-refractivity contribution >= 4 is 17.9 Å². The van der Waals surface area contributed by atoms with Gasteiger partial charge in [-0.2, -0.15) is 0 Å². The standard InChI is InChI=1S/C19H21N3O2/c1-15-7-8-17(13-21-15)11-12-20-19(24)14-22-18(23)10-9-16-5-3-2-4-6-16/h2-10,13H,11-12,14H2,1H3,(H,20,24)(H,22,23). The van der Waals surface area contributed by atoms with Gasteiger partial charge >= 0.3 is 0 Å². The molecule has 5 heteroatoms. The lowest BCUT2D eigenvalue weighted by atomic mass is 10.2. The zero-order valence-electron chi connectivity index (χ0n) is 13.7. The predicted molar refractivity (Wildman–Crippen MR) is 94.2 cm³/mol. The number of nitrogens with one attached hydrogen (secondary N) is 2. The van der Waals surface area contributed by atoms with E-state index in [2.05, 4.69) is 15.6 Å². The fourth-order valence-corrected chi connectivity index (χ4v) is 2.02. The second-order valence-electron chi connectivity index (χ2n) is 5.37. The van der Waals surface area contributed by atoms with E-state index in [0.717, 1.165) is 16.8 Å². The van der Waals surface area contributed by atoms with Crippen LogP contribution in [-0.4, -0.2) is 29.9 Å². The number of pyridine rings is 1. The molecule has 124 valence electrons. The van der Waals surface area contributed by atoms with Crippen LogP contribution in [0, 0.1) is 6.92 Å². The second kappa shape index (κ2) is 9.25. The van der Waals surface area contributed by atoms with Gasteiger partial charge in [0.15, 0.2) is 0 Å². The average molecular weight is 323 g/mol. The molecule has 1 aromatic heterocycles. The highest BCUT2D eigenvalue weighted by molar-refractivity contribution is 5.94. The van der Waals surface area contributed by atoms with Crippen molar-refractivity contribution in [3.8, 4) is 0 Å². The first-order valence-corrected chi connectivity index (χ1v) is 7.82. The van der Waals surface area contributed by atoms with Gasteiger partial charge in [0.1, 0.15) is 0 Å². The molecule has 0 spiro atoms. The maximum Gasteiger partial charge on any atom is 0.244 e. The third-order valence-corrected chi connectivity index (χ3v) is 3.36. The Balaban J connectivity index is 1.64. The average Bonchev–Trinajstić information content (AvgIpc) is 2.61. The van der Waals surface area contributed by atoms with Gasteiger partial charge in [0, 0.05) is 24.5 Å². The number of aromatic nitrogens is 1. The molecule has 2 amide bonds. The number of hydrogen-bond donors (Lipinski definition) is 2. The van der Waals surface area contributed by atoms with Crippen molar-refractivity contribution in [1.29, 1.82) is 0 Å². The molecule has 1 aromatic carbocycles. The van der Waals surface area contributed by atoms with Crippen molar-refractivity contribution < 1.29 is 9.59 Å². The minimum absolute atomic E-state index is 0.0376. The zero-order valence-corrected chi connectivity index (χ0v) is 13.7. The largest absolute Gasteiger partial charge is 0.354 e. The summed E-state index contributed by atoms with van der Waals surface area (Å²) >= 11 is 0. The molecule has 1 heterocycles. The first kappa shape index (κ1) is 17.4. The van der Waals surface area contributed by atoms with E-state index in [9.17, 15) is 9.59 Å². The quantitative estimate of drug-likeness (QED) is 0.764. The summed E-state index contributed by atoms with van der Waals surface area (Å²) in [5.74, 6) is -0.506. The molecule has 0 unspecified atom stereocenters. The maximum atomic E-state index is 11.7. The zero-order chi connectivity index (χ0) is 17.2. The number of aryl methyl sites for hydroxylation is 1. The Kier molecular flexibility index (Phi) is 6.71. The van der Waals surface area contributed by atoms with E-state index < -0.39 is 0 Å². The molecule has 0 radical (unpaired) electrons. The summed E-state index contributed by atoms with van der Waals surface area (Å²) in [5, 5.41) is 5.33. The SMILES string of the molecule is Cc1ccc(CCNC(=O)CNC(=O)C=Cc2ccccc2)cn1. The lowest BCUT2D eigenvalue weighted by molar-refractivity contribution is -0.123. The van der Waals surface area contributed by atoms with Crippen molar-refractivity contribution in [3.05, 3.63) is 71.6 Å². The van der Waals surface area contributed by atoms with Crippen molar-refractivity contribution in [1.82, 2.24) is 15.6 Å². The van der Waals surface area contributed by atoms with Gasteiger partial charge in [0.2, 0.25) is 11.8 Å². The Morgan fingerprint density at radius 2 is 1.88 bits per heavy atom. The maximum absolute atomic E-state index is 11.7. The van der Waals surface area contributed by atoms with Gasteiger partial charge in [0.05, 0.1) is 6.54 Å². The normalized spacial score (nSPS) is 10.5. The molecule has 0 fully saturated rings. The number of rotatable bonds is 7.